The van der Waals surface area contributed by atoms with Crippen molar-refractivity contribution < 1.29 is 21.6 Å². The minimum atomic E-state index is -3.87. The van der Waals surface area contributed by atoms with E-state index in [2.05, 4.69) is 5.32 Å². The number of carbonyl (C=O) groups is 1. The first-order chi connectivity index (χ1) is 17.6. The Bertz CT molecular complexity index is 1290. The fourth-order valence-electron chi connectivity index (χ4n) is 5.26. The number of amides is 1. The first-order valence-corrected chi connectivity index (χ1v) is 16.3. The molecule has 1 saturated heterocycles. The highest BCUT2D eigenvalue weighted by Gasteiger charge is 2.40. The lowest BCUT2D eigenvalue weighted by atomic mass is 9.89. The van der Waals surface area contributed by atoms with Crippen LogP contribution in [0.3, 0.4) is 0 Å². The van der Waals surface area contributed by atoms with Crippen LogP contribution < -0.4 is 5.32 Å². The van der Waals surface area contributed by atoms with E-state index >= 15 is 0 Å². The van der Waals surface area contributed by atoms with Gasteiger partial charge in [-0.3, -0.25) is 4.79 Å². The molecule has 3 atom stereocenters. The van der Waals surface area contributed by atoms with E-state index in [1.807, 2.05) is 12.1 Å². The van der Waals surface area contributed by atoms with Crippen molar-refractivity contribution >= 4 is 37.6 Å². The van der Waals surface area contributed by atoms with Gasteiger partial charge in [-0.25, -0.2) is 21.1 Å². The molecule has 11 heteroatoms. The van der Waals surface area contributed by atoms with Gasteiger partial charge in [-0.2, -0.15) is 4.31 Å². The van der Waals surface area contributed by atoms with Gasteiger partial charge in [0.05, 0.1) is 17.1 Å². The Balaban J connectivity index is 1.60. The van der Waals surface area contributed by atoms with Crippen molar-refractivity contribution in [3.63, 3.8) is 0 Å². The summed E-state index contributed by atoms with van der Waals surface area (Å²) in [4.78, 5) is 13.5. The molecule has 202 valence electrons. The predicted molar refractivity (Wildman–Crippen MR) is 144 cm³/mol. The van der Waals surface area contributed by atoms with E-state index in [0.717, 1.165) is 24.7 Å². The fourth-order valence-corrected chi connectivity index (χ4v) is 8.00. The Morgan fingerprint density at radius 2 is 1.65 bits per heavy atom. The minimum absolute atomic E-state index is 0.150. The number of halogens is 1. The van der Waals surface area contributed by atoms with Gasteiger partial charge in [0.1, 0.15) is 0 Å². The molecule has 8 nitrogen and oxygen atoms in total. The molecule has 1 saturated carbocycles. The predicted octanol–water partition coefficient (Wildman–Crippen LogP) is 3.63. The maximum Gasteiger partial charge on any atom is 0.243 e. The van der Waals surface area contributed by atoms with Crippen molar-refractivity contribution in [3.05, 3.63) is 65.2 Å². The van der Waals surface area contributed by atoms with E-state index in [4.69, 9.17) is 11.6 Å². The molecule has 2 aromatic carbocycles. The van der Waals surface area contributed by atoms with Gasteiger partial charge in [0.15, 0.2) is 0 Å². The highest BCUT2D eigenvalue weighted by Crippen LogP contribution is 2.31. The monoisotopic (exact) mass is 567 g/mol. The quantitative estimate of drug-likeness (QED) is 0.524. The highest BCUT2D eigenvalue weighted by atomic mass is 35.5. The first-order valence-electron chi connectivity index (χ1n) is 12.6. The van der Waals surface area contributed by atoms with Crippen LogP contribution in [0.4, 0.5) is 0 Å². The summed E-state index contributed by atoms with van der Waals surface area (Å²) in [5.74, 6) is -0.671. The van der Waals surface area contributed by atoms with Crippen molar-refractivity contribution in [3.8, 4) is 0 Å². The summed E-state index contributed by atoms with van der Waals surface area (Å²) in [6.07, 6.45) is 5.38. The minimum Gasteiger partial charge on any atom is -0.351 e. The van der Waals surface area contributed by atoms with Crippen molar-refractivity contribution in [1.29, 1.82) is 0 Å². The van der Waals surface area contributed by atoms with Crippen molar-refractivity contribution in [1.82, 2.24) is 13.9 Å². The molecule has 0 spiro atoms. The Kier molecular flexibility index (Phi) is 8.96. The summed E-state index contributed by atoms with van der Waals surface area (Å²) in [6.45, 7) is 0.717. The van der Waals surface area contributed by atoms with Crippen LogP contribution in [-0.4, -0.2) is 62.8 Å². The average Bonchev–Trinajstić information content (AvgIpc) is 2.89. The van der Waals surface area contributed by atoms with Gasteiger partial charge in [-0.1, -0.05) is 54.8 Å². The fraction of sp³-hybridized carbons (Fsp3) is 0.500. The third kappa shape index (κ3) is 6.92. The standard InChI is InChI=1S/C26H34ClN3O5S2/c1-36(32,33)29-17-7-8-21(19-29)26(31)28-24-11-5-6-12-25(24)30(18-20-13-15-22(27)16-14-20)37(34,35)23-9-3-2-4-10-23/h2-4,9-10,13-16,21,24-25H,5-8,11-12,17-19H2,1H3,(H,28,31)/t21?,24-,25-/m1/s1. The molecule has 2 aromatic rings. The van der Waals surface area contributed by atoms with E-state index in [1.165, 1.54) is 8.61 Å². The first kappa shape index (κ1) is 28.0. The van der Waals surface area contributed by atoms with E-state index < -0.39 is 32.0 Å². The van der Waals surface area contributed by atoms with Gasteiger partial charge in [0.25, 0.3) is 0 Å². The number of hydrogen-bond donors (Lipinski definition) is 1. The number of rotatable bonds is 8. The molecule has 2 fully saturated rings. The molecule has 0 radical (unpaired) electrons. The van der Waals surface area contributed by atoms with Gasteiger partial charge in [0.2, 0.25) is 26.0 Å². The number of hydrogen-bond acceptors (Lipinski definition) is 5. The van der Waals surface area contributed by atoms with Crippen molar-refractivity contribution in [2.24, 2.45) is 5.92 Å². The van der Waals surface area contributed by atoms with Crippen LogP contribution in [0.25, 0.3) is 0 Å². The molecule has 37 heavy (non-hydrogen) atoms. The molecule has 4 rings (SSSR count). The lowest BCUT2D eigenvalue weighted by Crippen LogP contribution is -2.56. The highest BCUT2D eigenvalue weighted by molar-refractivity contribution is 7.89. The zero-order valence-corrected chi connectivity index (χ0v) is 23.3. The van der Waals surface area contributed by atoms with Crippen molar-refractivity contribution in [2.75, 3.05) is 19.3 Å². The van der Waals surface area contributed by atoms with E-state index in [9.17, 15) is 21.6 Å². The van der Waals surface area contributed by atoms with Gasteiger partial charge < -0.3 is 5.32 Å². The second-order valence-electron chi connectivity index (χ2n) is 9.92. The van der Waals surface area contributed by atoms with E-state index in [1.54, 1.807) is 42.5 Å². The van der Waals surface area contributed by atoms with Crippen LogP contribution in [0.15, 0.2) is 59.5 Å². The summed E-state index contributed by atoms with van der Waals surface area (Å²) in [5, 5.41) is 3.69. The maximum absolute atomic E-state index is 13.9. The zero-order valence-electron chi connectivity index (χ0n) is 20.9. The molecule has 0 aromatic heterocycles. The zero-order chi connectivity index (χ0) is 26.6. The summed E-state index contributed by atoms with van der Waals surface area (Å²) < 4.78 is 54.7. The molecular weight excluding hydrogens is 534 g/mol. The Morgan fingerprint density at radius 1 is 0.973 bits per heavy atom. The molecule has 1 unspecified atom stereocenters. The normalized spacial score (nSPS) is 23.6. The lowest BCUT2D eigenvalue weighted by molar-refractivity contribution is -0.127. The van der Waals surface area contributed by atoms with Gasteiger partial charge in [-0.05, 0) is 55.5 Å². The Morgan fingerprint density at radius 3 is 2.32 bits per heavy atom. The van der Waals surface area contributed by atoms with Crippen LogP contribution in [0.2, 0.25) is 5.02 Å². The number of piperidine rings is 1. The Labute approximate surface area is 225 Å². The third-order valence-corrected chi connectivity index (χ3v) is 10.7. The van der Waals surface area contributed by atoms with Crippen LogP contribution in [0, 0.1) is 5.92 Å². The summed E-state index contributed by atoms with van der Waals surface area (Å²) in [6, 6.07) is 14.6. The number of carbonyl (C=O) groups excluding carboxylic acids is 1. The van der Waals surface area contributed by atoms with E-state index in [-0.39, 0.29) is 29.9 Å². The second kappa shape index (κ2) is 11.8. The average molecular weight is 568 g/mol. The number of nitrogens with one attached hydrogen (secondary N) is 1. The van der Waals surface area contributed by atoms with Gasteiger partial charge in [-0.15, -0.1) is 0 Å². The maximum atomic E-state index is 13.9. The molecular formula is C26H34ClN3O5S2. The molecule has 1 amide bonds. The summed E-state index contributed by atoms with van der Waals surface area (Å²) in [7, 11) is -7.25. The van der Waals surface area contributed by atoms with Crippen LogP contribution in [0.1, 0.15) is 44.1 Å². The summed E-state index contributed by atoms with van der Waals surface area (Å²) >= 11 is 6.05. The molecule has 0 bridgehead atoms. The molecule has 1 aliphatic heterocycles. The molecule has 1 N–H and O–H groups in total. The van der Waals surface area contributed by atoms with Crippen molar-refractivity contribution in [2.45, 2.75) is 62.0 Å². The smallest absolute Gasteiger partial charge is 0.243 e. The van der Waals surface area contributed by atoms with Gasteiger partial charge >= 0.3 is 0 Å². The van der Waals surface area contributed by atoms with Gasteiger partial charge in [0, 0.05) is 36.7 Å². The molecule has 2 aliphatic rings. The van der Waals surface area contributed by atoms with E-state index in [0.29, 0.717) is 37.3 Å². The largest absolute Gasteiger partial charge is 0.351 e. The number of benzene rings is 2. The van der Waals surface area contributed by atoms with Crippen LogP contribution in [0.5, 0.6) is 0 Å². The third-order valence-electron chi connectivity index (χ3n) is 7.25. The molecule has 1 heterocycles. The SMILES string of the molecule is CS(=O)(=O)N1CCCC(C(=O)N[C@@H]2CCCC[C@H]2N(Cc2ccc(Cl)cc2)S(=O)(=O)c2ccccc2)C1. The summed E-state index contributed by atoms with van der Waals surface area (Å²) in [5.41, 5.74) is 0.802. The second-order valence-corrected chi connectivity index (χ2v) is 14.2. The molecule has 1 aliphatic carbocycles. The lowest BCUT2D eigenvalue weighted by Gasteiger charge is -2.40. The number of sulfonamides is 2. The van der Waals surface area contributed by atoms with Crippen LogP contribution in [-0.2, 0) is 31.4 Å². The number of nitrogens with zero attached hydrogens (tertiary/aromatic N) is 2. The van der Waals surface area contributed by atoms with Crippen LogP contribution >= 0.6 is 11.6 Å². The Hall–Kier alpha value is -1.98. The topological polar surface area (TPSA) is 104 Å².